The summed E-state index contributed by atoms with van der Waals surface area (Å²) in [7, 11) is 0. The molecule has 88 valence electrons. The average Bonchev–Trinajstić information content (AvgIpc) is 2.30. The summed E-state index contributed by atoms with van der Waals surface area (Å²) in [5.41, 5.74) is 4.60. The van der Waals surface area contributed by atoms with Crippen molar-refractivity contribution in [1.82, 2.24) is 5.32 Å². The predicted octanol–water partition coefficient (Wildman–Crippen LogP) is 3.80. The quantitative estimate of drug-likeness (QED) is 0.812. The number of fused-ring (bicyclic) bond motifs is 1. The summed E-state index contributed by atoms with van der Waals surface area (Å²) in [6.45, 7) is 7.96. The van der Waals surface area contributed by atoms with Gasteiger partial charge in [0.15, 0.2) is 0 Å². The van der Waals surface area contributed by atoms with Crippen molar-refractivity contribution in [1.29, 1.82) is 0 Å². The summed E-state index contributed by atoms with van der Waals surface area (Å²) in [6, 6.07) is 7.67. The predicted molar refractivity (Wildman–Crippen MR) is 69.9 cm³/mol. The van der Waals surface area contributed by atoms with Crippen molar-refractivity contribution in [3.63, 3.8) is 0 Å². The monoisotopic (exact) mass is 217 g/mol. The zero-order chi connectivity index (χ0) is 11.5. The summed E-state index contributed by atoms with van der Waals surface area (Å²) < 4.78 is 0. The largest absolute Gasteiger partial charge is 0.309 e. The maximum atomic E-state index is 3.64. The highest BCUT2D eigenvalue weighted by molar-refractivity contribution is 5.38. The Morgan fingerprint density at radius 1 is 1.25 bits per heavy atom. The first-order chi connectivity index (χ1) is 7.76. The van der Waals surface area contributed by atoms with Gasteiger partial charge in [-0.1, -0.05) is 45.4 Å². The molecule has 2 unspecified atom stereocenters. The number of hydrogen-bond acceptors (Lipinski definition) is 1. The van der Waals surface area contributed by atoms with Crippen LogP contribution in [0, 0.1) is 0 Å². The molecule has 1 N–H and O–H groups in total. The van der Waals surface area contributed by atoms with Gasteiger partial charge < -0.3 is 5.32 Å². The minimum absolute atomic E-state index is 0.572. The normalized spacial score (nSPS) is 24.2. The smallest absolute Gasteiger partial charge is 0.0320 e. The Bertz CT molecular complexity index is 356. The van der Waals surface area contributed by atoms with Crippen molar-refractivity contribution >= 4 is 0 Å². The van der Waals surface area contributed by atoms with Crippen molar-refractivity contribution in [3.05, 3.63) is 34.9 Å². The van der Waals surface area contributed by atoms with Crippen molar-refractivity contribution in [2.45, 2.75) is 52.0 Å². The molecule has 0 radical (unpaired) electrons. The standard InChI is InChI=1S/C15H23N/c1-4-6-12-7-8-13-11(3)10-16-15(5-2)14(13)9-12/h7-9,11,15-16H,4-6,10H2,1-3H3. The van der Waals surface area contributed by atoms with E-state index in [0.717, 1.165) is 6.54 Å². The van der Waals surface area contributed by atoms with Gasteiger partial charge in [0.25, 0.3) is 0 Å². The Hall–Kier alpha value is -0.820. The SMILES string of the molecule is CCCc1ccc2c(c1)C(CC)NCC2C. The van der Waals surface area contributed by atoms with Gasteiger partial charge in [0, 0.05) is 12.6 Å². The fourth-order valence-corrected chi connectivity index (χ4v) is 2.72. The van der Waals surface area contributed by atoms with Gasteiger partial charge in [0.1, 0.15) is 0 Å². The lowest BCUT2D eigenvalue weighted by Crippen LogP contribution is -2.31. The lowest BCUT2D eigenvalue weighted by atomic mass is 9.85. The molecule has 0 amide bonds. The van der Waals surface area contributed by atoms with Gasteiger partial charge in [-0.15, -0.1) is 0 Å². The molecular weight excluding hydrogens is 194 g/mol. The second-order valence-corrected chi connectivity index (χ2v) is 4.98. The van der Waals surface area contributed by atoms with E-state index < -0.39 is 0 Å². The van der Waals surface area contributed by atoms with E-state index in [0.29, 0.717) is 12.0 Å². The maximum absolute atomic E-state index is 3.64. The molecule has 0 aliphatic carbocycles. The molecule has 0 aromatic heterocycles. The summed E-state index contributed by atoms with van der Waals surface area (Å²) in [5.74, 6) is 0.661. The minimum atomic E-state index is 0.572. The van der Waals surface area contributed by atoms with Crippen LogP contribution in [0.5, 0.6) is 0 Å². The summed E-state index contributed by atoms with van der Waals surface area (Å²) >= 11 is 0. The first kappa shape index (κ1) is 11.7. The molecule has 0 bridgehead atoms. The van der Waals surface area contributed by atoms with Gasteiger partial charge in [-0.25, -0.2) is 0 Å². The van der Waals surface area contributed by atoms with Crippen molar-refractivity contribution in [3.8, 4) is 0 Å². The highest BCUT2D eigenvalue weighted by Gasteiger charge is 2.22. The van der Waals surface area contributed by atoms with E-state index in [1.165, 1.54) is 24.8 Å². The Kier molecular flexibility index (Phi) is 3.65. The van der Waals surface area contributed by atoms with Gasteiger partial charge in [0.05, 0.1) is 0 Å². The molecular formula is C15H23N. The van der Waals surface area contributed by atoms with Gasteiger partial charge in [-0.3, -0.25) is 0 Å². The van der Waals surface area contributed by atoms with E-state index in [-0.39, 0.29) is 0 Å². The molecule has 1 aliphatic heterocycles. The lowest BCUT2D eigenvalue weighted by molar-refractivity contribution is 0.457. The summed E-state index contributed by atoms with van der Waals surface area (Å²) in [4.78, 5) is 0. The topological polar surface area (TPSA) is 12.0 Å². The first-order valence-electron chi connectivity index (χ1n) is 6.62. The third-order valence-electron chi connectivity index (χ3n) is 3.67. The van der Waals surface area contributed by atoms with Crippen LogP contribution in [0.3, 0.4) is 0 Å². The minimum Gasteiger partial charge on any atom is -0.309 e. The molecule has 1 heteroatoms. The highest BCUT2D eigenvalue weighted by atomic mass is 14.9. The van der Waals surface area contributed by atoms with Crippen molar-refractivity contribution in [2.75, 3.05) is 6.54 Å². The molecule has 0 spiro atoms. The molecule has 0 saturated heterocycles. The van der Waals surface area contributed by atoms with E-state index in [4.69, 9.17) is 0 Å². The number of benzene rings is 1. The van der Waals surface area contributed by atoms with E-state index in [1.54, 1.807) is 11.1 Å². The van der Waals surface area contributed by atoms with Crippen LogP contribution in [0.25, 0.3) is 0 Å². The van der Waals surface area contributed by atoms with E-state index in [1.807, 2.05) is 0 Å². The molecule has 2 atom stereocenters. The number of hydrogen-bond donors (Lipinski definition) is 1. The fraction of sp³-hybridized carbons (Fsp3) is 0.600. The van der Waals surface area contributed by atoms with Crippen LogP contribution in [-0.4, -0.2) is 6.54 Å². The number of aryl methyl sites for hydroxylation is 1. The van der Waals surface area contributed by atoms with Crippen molar-refractivity contribution < 1.29 is 0 Å². The third-order valence-corrected chi connectivity index (χ3v) is 3.67. The molecule has 0 saturated carbocycles. The van der Waals surface area contributed by atoms with Gasteiger partial charge in [-0.05, 0) is 35.4 Å². The molecule has 1 aromatic carbocycles. The molecule has 1 aromatic rings. The first-order valence-corrected chi connectivity index (χ1v) is 6.62. The van der Waals surface area contributed by atoms with Gasteiger partial charge >= 0.3 is 0 Å². The summed E-state index contributed by atoms with van der Waals surface area (Å²) in [6.07, 6.45) is 3.63. The molecule has 0 fully saturated rings. The van der Waals surface area contributed by atoms with Crippen LogP contribution in [0.1, 0.15) is 62.3 Å². The maximum Gasteiger partial charge on any atom is 0.0320 e. The zero-order valence-corrected chi connectivity index (χ0v) is 10.7. The lowest BCUT2D eigenvalue weighted by Gasteiger charge is -2.31. The van der Waals surface area contributed by atoms with Crippen LogP contribution in [-0.2, 0) is 6.42 Å². The highest BCUT2D eigenvalue weighted by Crippen LogP contribution is 2.32. The fourth-order valence-electron chi connectivity index (χ4n) is 2.72. The van der Waals surface area contributed by atoms with Gasteiger partial charge in [0.2, 0.25) is 0 Å². The Balaban J connectivity index is 2.36. The van der Waals surface area contributed by atoms with Crippen LogP contribution < -0.4 is 5.32 Å². The average molecular weight is 217 g/mol. The van der Waals surface area contributed by atoms with E-state index in [2.05, 4.69) is 44.3 Å². The van der Waals surface area contributed by atoms with Crippen LogP contribution >= 0.6 is 0 Å². The molecule has 2 rings (SSSR count). The summed E-state index contributed by atoms with van der Waals surface area (Å²) in [5, 5.41) is 3.64. The Morgan fingerprint density at radius 3 is 2.75 bits per heavy atom. The van der Waals surface area contributed by atoms with Crippen LogP contribution in [0.15, 0.2) is 18.2 Å². The Morgan fingerprint density at radius 2 is 2.06 bits per heavy atom. The molecule has 16 heavy (non-hydrogen) atoms. The van der Waals surface area contributed by atoms with Crippen molar-refractivity contribution in [2.24, 2.45) is 0 Å². The zero-order valence-electron chi connectivity index (χ0n) is 10.7. The second kappa shape index (κ2) is 5.01. The van der Waals surface area contributed by atoms with E-state index in [9.17, 15) is 0 Å². The molecule has 1 nitrogen and oxygen atoms in total. The van der Waals surface area contributed by atoms with Crippen LogP contribution in [0.4, 0.5) is 0 Å². The second-order valence-electron chi connectivity index (χ2n) is 4.98. The third kappa shape index (κ3) is 2.15. The molecule has 1 aliphatic rings. The number of nitrogens with one attached hydrogen (secondary N) is 1. The number of rotatable bonds is 3. The Labute approximate surface area is 99.3 Å². The molecule has 1 heterocycles. The van der Waals surface area contributed by atoms with E-state index >= 15 is 0 Å². The van der Waals surface area contributed by atoms with Gasteiger partial charge in [-0.2, -0.15) is 0 Å². The van der Waals surface area contributed by atoms with Crippen LogP contribution in [0.2, 0.25) is 0 Å².